The molecule has 0 aliphatic rings. The number of hydrogen-bond donors (Lipinski definition) is 1. The Kier molecular flexibility index (Phi) is 7.47. The monoisotopic (exact) mass is 546 g/mol. The van der Waals surface area contributed by atoms with E-state index in [2.05, 4.69) is 21.1 Å². The van der Waals surface area contributed by atoms with Gasteiger partial charge in [0.05, 0.1) is 5.69 Å². The Bertz CT molecular complexity index is 1220. The molecule has 0 spiro atoms. The first-order chi connectivity index (χ1) is 15.1. The highest BCUT2D eigenvalue weighted by Gasteiger charge is 2.46. The summed E-state index contributed by atoms with van der Waals surface area (Å²) in [6.07, 6.45) is 0. The first-order valence-corrected chi connectivity index (χ1v) is 11.6. The predicted molar refractivity (Wildman–Crippen MR) is 121 cm³/mol. The number of nitrogens with zero attached hydrogens (tertiary/aromatic N) is 1. The fourth-order valence-electron chi connectivity index (χ4n) is 2.61. The van der Waals surface area contributed by atoms with Gasteiger partial charge in [0.1, 0.15) is 12.3 Å². The van der Waals surface area contributed by atoms with E-state index in [1.54, 1.807) is 35.1 Å². The summed E-state index contributed by atoms with van der Waals surface area (Å²) in [5.74, 6) is 0. The molecule has 11 heteroatoms. The molecule has 0 radical (unpaired) electrons. The van der Waals surface area contributed by atoms with Gasteiger partial charge < -0.3 is 4.84 Å². The van der Waals surface area contributed by atoms with Crippen molar-refractivity contribution in [1.29, 1.82) is 0 Å². The molecule has 0 amide bonds. The largest absolute Gasteiger partial charge is 0.516 e. The second-order valence-electron chi connectivity index (χ2n) is 6.45. The third-order valence-corrected chi connectivity index (χ3v) is 6.00. The number of alkyl halides is 3. The summed E-state index contributed by atoms with van der Waals surface area (Å²) >= 11 is 9.39. The summed E-state index contributed by atoms with van der Waals surface area (Å²) < 4.78 is 64.7. The first-order valence-electron chi connectivity index (χ1n) is 8.95. The van der Waals surface area contributed by atoms with Crippen LogP contribution in [0.15, 0.2) is 82.4 Å². The van der Waals surface area contributed by atoms with Crippen LogP contribution in [0.5, 0.6) is 0 Å². The van der Waals surface area contributed by atoms with Gasteiger partial charge in [-0.25, -0.2) is 0 Å². The maximum atomic E-state index is 12.9. The van der Waals surface area contributed by atoms with Crippen LogP contribution in [0.4, 0.5) is 18.9 Å². The van der Waals surface area contributed by atoms with Crippen LogP contribution in [-0.4, -0.2) is 19.6 Å². The Hall–Kier alpha value is -2.56. The van der Waals surface area contributed by atoms with Gasteiger partial charge in [-0.2, -0.15) is 21.6 Å². The number of anilines is 1. The van der Waals surface area contributed by atoms with Crippen LogP contribution in [0.1, 0.15) is 16.7 Å². The lowest BCUT2D eigenvalue weighted by molar-refractivity contribution is -0.0429. The zero-order chi connectivity index (χ0) is 23.4. The normalized spacial score (nSPS) is 12.5. The Balaban J connectivity index is 2.03. The van der Waals surface area contributed by atoms with E-state index < -0.39 is 15.5 Å². The molecule has 0 heterocycles. The van der Waals surface area contributed by atoms with E-state index in [0.29, 0.717) is 5.56 Å². The lowest BCUT2D eigenvalue weighted by atomic mass is 10.0. The molecule has 0 saturated heterocycles. The third-order valence-electron chi connectivity index (χ3n) is 4.13. The molecule has 168 valence electrons. The Morgan fingerprint density at radius 3 is 2.31 bits per heavy atom. The molecule has 1 N–H and O–H groups in total. The van der Waals surface area contributed by atoms with Crippen molar-refractivity contribution in [2.24, 2.45) is 5.16 Å². The number of oxime groups is 1. The first kappa shape index (κ1) is 24.1. The van der Waals surface area contributed by atoms with Crippen LogP contribution in [0.3, 0.4) is 0 Å². The maximum absolute atomic E-state index is 12.9. The van der Waals surface area contributed by atoms with Crippen LogP contribution in [0.2, 0.25) is 5.02 Å². The number of nitrogens with one attached hydrogen (secondary N) is 1. The molecular weight excluding hydrogens is 533 g/mol. The SMILES string of the molecule is O=S(=O)(Nc1ccc(Cl)cc1C(=NOCc1ccc(Br)cc1)c1ccccc1)C(F)(F)F. The number of benzene rings is 3. The molecule has 0 saturated carbocycles. The predicted octanol–water partition coefficient (Wildman–Crippen LogP) is 6.33. The quantitative estimate of drug-likeness (QED) is 0.278. The van der Waals surface area contributed by atoms with Gasteiger partial charge in [-0.15, -0.1) is 0 Å². The van der Waals surface area contributed by atoms with Gasteiger partial charge in [0.15, 0.2) is 0 Å². The molecule has 0 fully saturated rings. The van der Waals surface area contributed by atoms with Crippen molar-refractivity contribution in [3.05, 3.63) is 99.0 Å². The van der Waals surface area contributed by atoms with E-state index >= 15 is 0 Å². The molecule has 0 unspecified atom stereocenters. The maximum Gasteiger partial charge on any atom is 0.516 e. The Morgan fingerprint density at radius 1 is 1.03 bits per heavy atom. The van der Waals surface area contributed by atoms with Crippen molar-refractivity contribution in [3.8, 4) is 0 Å². The van der Waals surface area contributed by atoms with Crippen molar-refractivity contribution in [2.75, 3.05) is 4.72 Å². The second-order valence-corrected chi connectivity index (χ2v) is 9.47. The number of hydrogen-bond acceptors (Lipinski definition) is 4. The van der Waals surface area contributed by atoms with Gasteiger partial charge in [0, 0.05) is 20.6 Å². The summed E-state index contributed by atoms with van der Waals surface area (Å²) in [4.78, 5) is 5.45. The Labute approximate surface area is 196 Å². The summed E-state index contributed by atoms with van der Waals surface area (Å²) in [5, 5.41) is 4.28. The molecular formula is C21H15BrClF3N2O3S. The smallest absolute Gasteiger partial charge is 0.390 e. The van der Waals surface area contributed by atoms with Crippen LogP contribution in [0.25, 0.3) is 0 Å². The minimum absolute atomic E-state index is 0.0207. The molecule has 3 aromatic carbocycles. The number of halogens is 5. The van der Waals surface area contributed by atoms with Crippen molar-refractivity contribution in [1.82, 2.24) is 0 Å². The van der Waals surface area contributed by atoms with E-state index in [1.165, 1.54) is 12.1 Å². The summed E-state index contributed by atoms with van der Waals surface area (Å²) in [5.41, 5.74) is -4.43. The van der Waals surface area contributed by atoms with Crippen molar-refractivity contribution < 1.29 is 26.4 Å². The van der Waals surface area contributed by atoms with Gasteiger partial charge in [-0.1, -0.05) is 75.2 Å². The van der Waals surface area contributed by atoms with Crippen LogP contribution in [0, 0.1) is 0 Å². The molecule has 32 heavy (non-hydrogen) atoms. The highest BCUT2D eigenvalue weighted by atomic mass is 79.9. The Morgan fingerprint density at radius 2 is 1.69 bits per heavy atom. The molecule has 0 aromatic heterocycles. The highest BCUT2D eigenvalue weighted by molar-refractivity contribution is 9.10. The second kappa shape index (κ2) is 9.93. The van der Waals surface area contributed by atoms with Crippen molar-refractivity contribution in [2.45, 2.75) is 12.1 Å². The molecule has 3 aromatic rings. The lowest BCUT2D eigenvalue weighted by Crippen LogP contribution is -2.30. The van der Waals surface area contributed by atoms with Crippen molar-refractivity contribution in [3.63, 3.8) is 0 Å². The van der Waals surface area contributed by atoms with Gasteiger partial charge in [0.25, 0.3) is 0 Å². The topological polar surface area (TPSA) is 67.8 Å². The summed E-state index contributed by atoms with van der Waals surface area (Å²) in [7, 11) is -5.66. The average molecular weight is 548 g/mol. The summed E-state index contributed by atoms with van der Waals surface area (Å²) in [6, 6.07) is 19.4. The zero-order valence-electron chi connectivity index (χ0n) is 16.1. The average Bonchev–Trinajstić information content (AvgIpc) is 2.74. The van der Waals surface area contributed by atoms with Crippen LogP contribution >= 0.6 is 27.5 Å². The zero-order valence-corrected chi connectivity index (χ0v) is 19.3. The molecule has 0 atom stereocenters. The molecule has 5 nitrogen and oxygen atoms in total. The van der Waals surface area contributed by atoms with E-state index in [0.717, 1.165) is 16.1 Å². The van der Waals surface area contributed by atoms with Crippen LogP contribution in [-0.2, 0) is 21.5 Å². The molecule has 3 rings (SSSR count). The van der Waals surface area contributed by atoms with Gasteiger partial charge in [-0.3, -0.25) is 4.72 Å². The number of sulfonamides is 1. The highest BCUT2D eigenvalue weighted by Crippen LogP contribution is 2.30. The fourth-order valence-corrected chi connectivity index (χ4v) is 3.63. The summed E-state index contributed by atoms with van der Waals surface area (Å²) in [6.45, 7) is 0.0772. The molecule has 0 aliphatic heterocycles. The van der Waals surface area contributed by atoms with Gasteiger partial charge >= 0.3 is 15.5 Å². The number of rotatable bonds is 7. The van der Waals surface area contributed by atoms with Gasteiger partial charge in [0.2, 0.25) is 0 Å². The van der Waals surface area contributed by atoms with E-state index in [1.807, 2.05) is 24.3 Å². The van der Waals surface area contributed by atoms with Gasteiger partial charge in [-0.05, 0) is 35.9 Å². The fraction of sp³-hybridized carbons (Fsp3) is 0.0952. The van der Waals surface area contributed by atoms with E-state index in [4.69, 9.17) is 16.4 Å². The standard InChI is InChI=1S/C21H15BrClF3N2O3S/c22-16-8-6-14(7-9-16)13-31-27-20(15-4-2-1-3-5-15)18-12-17(23)10-11-19(18)28-32(29,30)21(24,25)26/h1-12,28H,13H2. The van der Waals surface area contributed by atoms with E-state index in [-0.39, 0.29) is 28.6 Å². The molecule has 0 bridgehead atoms. The third kappa shape index (κ3) is 6.02. The lowest BCUT2D eigenvalue weighted by Gasteiger charge is -2.16. The minimum atomic E-state index is -5.66. The molecule has 0 aliphatic carbocycles. The minimum Gasteiger partial charge on any atom is -0.390 e. The van der Waals surface area contributed by atoms with Crippen molar-refractivity contribution >= 4 is 49.0 Å². The van der Waals surface area contributed by atoms with E-state index in [9.17, 15) is 21.6 Å². The van der Waals surface area contributed by atoms with Crippen LogP contribution < -0.4 is 4.72 Å².